The van der Waals surface area contributed by atoms with Crippen LogP contribution in [0.5, 0.6) is 0 Å². The van der Waals surface area contributed by atoms with Crippen molar-refractivity contribution in [2.75, 3.05) is 0 Å². The van der Waals surface area contributed by atoms with Crippen LogP contribution in [0, 0.1) is 0 Å². The number of aliphatic hydroxyl groups is 1. The zero-order valence-corrected chi connectivity index (χ0v) is 10.4. The normalized spacial score (nSPS) is 37.9. The summed E-state index contributed by atoms with van der Waals surface area (Å²) in [5.74, 6) is 0. The van der Waals surface area contributed by atoms with E-state index >= 15 is 0 Å². The molecule has 0 saturated carbocycles. The number of hydrogen-bond acceptors (Lipinski definition) is 3. The molecule has 88 valence electrons. The van der Waals surface area contributed by atoms with Crippen molar-refractivity contribution in [2.45, 2.75) is 55.3 Å². The molecule has 0 aliphatic carbocycles. The number of rotatable bonds is 2. The standard InChI is InChI=1S/C12H18N2OS/c1-2-14-8-9(7-13-14)12(15)5-10-3-4-11(6-12)16-10/h7-8,10-11,15H,2-6H2,1H3. The monoisotopic (exact) mass is 238 g/mol. The fraction of sp³-hybridized carbons (Fsp3) is 0.750. The third kappa shape index (κ3) is 1.68. The molecule has 3 nitrogen and oxygen atoms in total. The fourth-order valence-electron chi connectivity index (χ4n) is 2.93. The lowest BCUT2D eigenvalue weighted by Crippen LogP contribution is -2.34. The molecule has 3 heterocycles. The summed E-state index contributed by atoms with van der Waals surface area (Å²) >= 11 is 2.07. The number of hydrogen-bond donors (Lipinski definition) is 1. The van der Waals surface area contributed by atoms with E-state index in [-0.39, 0.29) is 0 Å². The Morgan fingerprint density at radius 1 is 1.50 bits per heavy atom. The van der Waals surface area contributed by atoms with Gasteiger partial charge >= 0.3 is 0 Å². The van der Waals surface area contributed by atoms with Gasteiger partial charge in [0.25, 0.3) is 0 Å². The molecule has 16 heavy (non-hydrogen) atoms. The van der Waals surface area contributed by atoms with Crippen LogP contribution in [0.4, 0.5) is 0 Å². The summed E-state index contributed by atoms with van der Waals surface area (Å²) < 4.78 is 1.90. The van der Waals surface area contributed by atoms with Crippen LogP contribution < -0.4 is 0 Å². The zero-order chi connectivity index (χ0) is 11.2. The highest BCUT2D eigenvalue weighted by Crippen LogP contribution is 2.51. The van der Waals surface area contributed by atoms with Gasteiger partial charge in [-0.1, -0.05) is 0 Å². The Balaban J connectivity index is 1.87. The number of aryl methyl sites for hydroxylation is 1. The SMILES string of the molecule is CCn1cc(C2(O)CC3CCC(C2)S3)cn1. The molecule has 0 aromatic carbocycles. The minimum Gasteiger partial charge on any atom is -0.385 e. The Morgan fingerprint density at radius 2 is 2.19 bits per heavy atom. The van der Waals surface area contributed by atoms with Crippen molar-refractivity contribution in [1.29, 1.82) is 0 Å². The molecule has 1 aromatic rings. The van der Waals surface area contributed by atoms with E-state index in [0.29, 0.717) is 10.5 Å². The molecular weight excluding hydrogens is 220 g/mol. The first-order chi connectivity index (χ1) is 7.69. The first kappa shape index (κ1) is 10.7. The summed E-state index contributed by atoms with van der Waals surface area (Å²) in [6.45, 7) is 2.94. The minimum absolute atomic E-state index is 0.607. The first-order valence-electron chi connectivity index (χ1n) is 6.10. The first-order valence-corrected chi connectivity index (χ1v) is 7.05. The molecule has 2 unspecified atom stereocenters. The summed E-state index contributed by atoms with van der Waals surface area (Å²) in [6, 6.07) is 0. The molecule has 0 amide bonds. The van der Waals surface area contributed by atoms with Gasteiger partial charge in [-0.15, -0.1) is 0 Å². The van der Waals surface area contributed by atoms with Gasteiger partial charge < -0.3 is 5.11 Å². The topological polar surface area (TPSA) is 38.0 Å². The third-order valence-electron chi connectivity index (χ3n) is 3.82. The maximum absolute atomic E-state index is 10.8. The van der Waals surface area contributed by atoms with E-state index in [1.807, 2.05) is 17.1 Å². The van der Waals surface area contributed by atoms with Gasteiger partial charge in [0.2, 0.25) is 0 Å². The van der Waals surface area contributed by atoms with E-state index in [4.69, 9.17) is 0 Å². The molecule has 2 saturated heterocycles. The molecule has 0 radical (unpaired) electrons. The molecule has 0 spiro atoms. The molecule has 4 heteroatoms. The van der Waals surface area contributed by atoms with Crippen LogP contribution in [-0.4, -0.2) is 25.4 Å². The number of thioether (sulfide) groups is 1. The second-order valence-corrected chi connectivity index (χ2v) is 6.59. The molecule has 3 rings (SSSR count). The molecule has 2 atom stereocenters. The Morgan fingerprint density at radius 3 is 2.75 bits per heavy atom. The molecular formula is C12H18N2OS. The van der Waals surface area contributed by atoms with Crippen molar-refractivity contribution < 1.29 is 5.11 Å². The smallest absolute Gasteiger partial charge is 0.0947 e. The Kier molecular flexibility index (Phi) is 2.51. The van der Waals surface area contributed by atoms with Crippen molar-refractivity contribution in [2.24, 2.45) is 0 Å². The maximum Gasteiger partial charge on any atom is 0.0947 e. The predicted octanol–water partition coefficient (Wildman–Crippen LogP) is 2.15. The zero-order valence-electron chi connectivity index (χ0n) is 9.59. The Labute approximate surface area is 100 Å². The van der Waals surface area contributed by atoms with Crippen LogP contribution in [0.1, 0.15) is 38.2 Å². The maximum atomic E-state index is 10.8. The van der Waals surface area contributed by atoms with Crippen LogP contribution >= 0.6 is 11.8 Å². The van der Waals surface area contributed by atoms with Gasteiger partial charge in [-0.25, -0.2) is 0 Å². The summed E-state index contributed by atoms with van der Waals surface area (Å²) in [7, 11) is 0. The van der Waals surface area contributed by atoms with E-state index in [2.05, 4.69) is 23.8 Å². The number of fused-ring (bicyclic) bond motifs is 2. The third-order valence-corrected chi connectivity index (χ3v) is 5.40. The average molecular weight is 238 g/mol. The van der Waals surface area contributed by atoms with Crippen molar-refractivity contribution in [1.82, 2.24) is 9.78 Å². The predicted molar refractivity (Wildman–Crippen MR) is 65.4 cm³/mol. The van der Waals surface area contributed by atoms with Gasteiger partial charge in [0.1, 0.15) is 0 Å². The second kappa shape index (κ2) is 3.77. The number of aromatic nitrogens is 2. The second-order valence-electron chi connectivity index (χ2n) is 4.98. The quantitative estimate of drug-likeness (QED) is 0.858. The summed E-state index contributed by atoms with van der Waals surface area (Å²) in [6.07, 6.45) is 8.22. The lowest BCUT2D eigenvalue weighted by Gasteiger charge is -2.35. The Hall–Kier alpha value is -0.480. The Bertz CT molecular complexity index is 378. The molecule has 2 aliphatic rings. The van der Waals surface area contributed by atoms with Gasteiger partial charge in [0.05, 0.1) is 11.8 Å². The van der Waals surface area contributed by atoms with E-state index < -0.39 is 5.60 Å². The van der Waals surface area contributed by atoms with Crippen LogP contribution in [0.2, 0.25) is 0 Å². The van der Waals surface area contributed by atoms with Gasteiger partial charge in [-0.3, -0.25) is 4.68 Å². The highest BCUT2D eigenvalue weighted by molar-refractivity contribution is 8.00. The van der Waals surface area contributed by atoms with E-state index in [1.165, 1.54) is 12.8 Å². The van der Waals surface area contributed by atoms with E-state index in [1.54, 1.807) is 0 Å². The van der Waals surface area contributed by atoms with Crippen LogP contribution in [0.3, 0.4) is 0 Å². The van der Waals surface area contributed by atoms with Gasteiger partial charge in [-0.05, 0) is 32.6 Å². The van der Waals surface area contributed by atoms with Crippen LogP contribution in [-0.2, 0) is 12.1 Å². The summed E-state index contributed by atoms with van der Waals surface area (Å²) in [5.41, 5.74) is 0.413. The lowest BCUT2D eigenvalue weighted by molar-refractivity contribution is 0.0195. The molecule has 1 N–H and O–H groups in total. The van der Waals surface area contributed by atoms with Gasteiger partial charge in [0, 0.05) is 28.8 Å². The molecule has 2 fully saturated rings. The van der Waals surface area contributed by atoms with E-state index in [0.717, 1.165) is 24.9 Å². The van der Waals surface area contributed by atoms with Gasteiger partial charge in [-0.2, -0.15) is 16.9 Å². The summed E-state index contributed by atoms with van der Waals surface area (Å²) in [5, 5.41) is 16.4. The molecule has 1 aromatic heterocycles. The van der Waals surface area contributed by atoms with Crippen molar-refractivity contribution >= 4 is 11.8 Å². The highest BCUT2D eigenvalue weighted by Gasteiger charge is 2.44. The lowest BCUT2D eigenvalue weighted by atomic mass is 9.88. The number of nitrogens with zero attached hydrogens (tertiary/aromatic N) is 2. The van der Waals surface area contributed by atoms with Crippen molar-refractivity contribution in [3.8, 4) is 0 Å². The highest BCUT2D eigenvalue weighted by atomic mass is 32.2. The average Bonchev–Trinajstić information content (AvgIpc) is 2.85. The summed E-state index contributed by atoms with van der Waals surface area (Å²) in [4.78, 5) is 0. The van der Waals surface area contributed by atoms with Gasteiger partial charge in [0.15, 0.2) is 0 Å². The van der Waals surface area contributed by atoms with Crippen molar-refractivity contribution in [3.63, 3.8) is 0 Å². The minimum atomic E-state index is -0.607. The molecule has 2 aliphatic heterocycles. The van der Waals surface area contributed by atoms with E-state index in [9.17, 15) is 5.11 Å². The molecule has 2 bridgehead atoms. The van der Waals surface area contributed by atoms with Crippen LogP contribution in [0.15, 0.2) is 12.4 Å². The van der Waals surface area contributed by atoms with Crippen LogP contribution in [0.25, 0.3) is 0 Å². The largest absolute Gasteiger partial charge is 0.385 e. The fourth-order valence-corrected chi connectivity index (χ4v) is 4.76. The van der Waals surface area contributed by atoms with Crippen molar-refractivity contribution in [3.05, 3.63) is 18.0 Å².